The largest absolute Gasteiger partial charge is 0.494 e. The molecule has 2 aromatic carbocycles. The number of unbranched alkanes of at least 4 members (excludes halogenated alkanes) is 2. The summed E-state index contributed by atoms with van der Waals surface area (Å²) in [5, 5.41) is 14.5. The highest BCUT2D eigenvalue weighted by molar-refractivity contribution is 5.95. The minimum absolute atomic E-state index is 0.00927. The number of ether oxygens (including phenoxy) is 4. The highest BCUT2D eigenvalue weighted by atomic mass is 19.1. The number of rotatable bonds is 20. The molecular weight excluding hydrogens is 609 g/mol. The number of methoxy groups -OCH3 is 1. The summed E-state index contributed by atoms with van der Waals surface area (Å²) in [6, 6.07) is 13.3. The lowest BCUT2D eigenvalue weighted by atomic mass is 10.1. The summed E-state index contributed by atoms with van der Waals surface area (Å²) in [5.41, 5.74) is 2.15. The molecule has 0 spiro atoms. The van der Waals surface area contributed by atoms with Crippen LogP contribution in [0.15, 0.2) is 61.1 Å². The van der Waals surface area contributed by atoms with Crippen LogP contribution in [-0.4, -0.2) is 76.8 Å². The third kappa shape index (κ3) is 11.4. The van der Waals surface area contributed by atoms with E-state index in [9.17, 15) is 14.0 Å². The Bertz CT molecular complexity index is 1570. The van der Waals surface area contributed by atoms with Gasteiger partial charge in [0.2, 0.25) is 0 Å². The maximum Gasteiger partial charge on any atom is 0.331 e. The fraction of sp³-hybridized carbons (Fsp3) is 0.394. The maximum atomic E-state index is 14.5. The minimum atomic E-state index is -0.425. The summed E-state index contributed by atoms with van der Waals surface area (Å²) >= 11 is 0. The van der Waals surface area contributed by atoms with Crippen molar-refractivity contribution in [3.8, 4) is 17.3 Å². The molecule has 0 saturated heterocycles. The molecule has 14 heteroatoms. The first-order valence-electron chi connectivity index (χ1n) is 15.3. The van der Waals surface area contributed by atoms with Crippen LogP contribution in [0.5, 0.6) is 5.75 Å². The molecule has 0 aliphatic carbocycles. The molecular formula is C33H40FN7O6. The monoisotopic (exact) mass is 649 g/mol. The van der Waals surface area contributed by atoms with E-state index in [0.29, 0.717) is 73.6 Å². The first-order valence-corrected chi connectivity index (χ1v) is 15.3. The van der Waals surface area contributed by atoms with Gasteiger partial charge in [-0.1, -0.05) is 6.07 Å². The molecule has 0 saturated carbocycles. The van der Waals surface area contributed by atoms with Crippen LogP contribution in [0.4, 0.5) is 10.1 Å². The second-order valence-electron chi connectivity index (χ2n) is 10.5. The van der Waals surface area contributed by atoms with E-state index >= 15 is 0 Å². The predicted molar refractivity (Wildman–Crippen MR) is 171 cm³/mol. The van der Waals surface area contributed by atoms with E-state index in [-0.39, 0.29) is 19.1 Å². The molecule has 250 valence electrons. The van der Waals surface area contributed by atoms with Gasteiger partial charge in [-0.3, -0.25) is 4.79 Å². The normalized spacial score (nSPS) is 10.9. The van der Waals surface area contributed by atoms with E-state index in [1.165, 1.54) is 19.5 Å². The number of aromatic nitrogens is 5. The Morgan fingerprint density at radius 3 is 2.57 bits per heavy atom. The molecule has 13 nitrogen and oxygen atoms in total. The summed E-state index contributed by atoms with van der Waals surface area (Å²) in [4.78, 5) is 32.0. The lowest BCUT2D eigenvalue weighted by molar-refractivity contribution is -0.146. The van der Waals surface area contributed by atoms with Gasteiger partial charge in [0.05, 0.1) is 20.3 Å². The van der Waals surface area contributed by atoms with Crippen LogP contribution in [-0.2, 0) is 39.1 Å². The van der Waals surface area contributed by atoms with Crippen molar-refractivity contribution in [2.45, 2.75) is 38.8 Å². The van der Waals surface area contributed by atoms with Gasteiger partial charge in [0, 0.05) is 56.4 Å². The van der Waals surface area contributed by atoms with E-state index in [2.05, 4.69) is 35.5 Å². The van der Waals surface area contributed by atoms with Crippen molar-refractivity contribution >= 4 is 17.6 Å². The highest BCUT2D eigenvalue weighted by Gasteiger charge is 2.13. The standard InChI is InChI=1S/C33H40FN7O6/c1-41-30(39-40-32(41)29-12-13-35-23-38-29)21-36-26-9-6-8-24(18-26)33(43)37-20-25-19-27(10-11-28(25)34)47-17-5-3-4-14-45-15-7-16-46-22-31(42)44-2/h6,8-13,18-19,23,36H,3-5,7,14-17,20-22H2,1-2H3,(H,37,43). The molecule has 47 heavy (non-hydrogen) atoms. The summed E-state index contributed by atoms with van der Waals surface area (Å²) < 4.78 is 37.4. The second kappa shape index (κ2) is 18.9. The van der Waals surface area contributed by atoms with E-state index in [1.54, 1.807) is 42.6 Å². The number of nitrogens with one attached hydrogen (secondary N) is 2. The van der Waals surface area contributed by atoms with Crippen LogP contribution < -0.4 is 15.4 Å². The van der Waals surface area contributed by atoms with Gasteiger partial charge in [-0.2, -0.15) is 0 Å². The summed E-state index contributed by atoms with van der Waals surface area (Å²) in [6.45, 7) is 2.45. The molecule has 0 aliphatic heterocycles. The Balaban J connectivity index is 1.15. The van der Waals surface area contributed by atoms with Gasteiger partial charge in [-0.25, -0.2) is 19.2 Å². The summed E-state index contributed by atoms with van der Waals surface area (Å²) in [6.07, 6.45) is 6.42. The van der Waals surface area contributed by atoms with Crippen LogP contribution in [0.3, 0.4) is 0 Å². The molecule has 2 heterocycles. The van der Waals surface area contributed by atoms with E-state index in [1.807, 2.05) is 17.7 Å². The zero-order valence-corrected chi connectivity index (χ0v) is 26.6. The van der Waals surface area contributed by atoms with Gasteiger partial charge in [-0.15, -0.1) is 10.2 Å². The number of anilines is 1. The molecule has 0 unspecified atom stereocenters. The average Bonchev–Trinajstić information content (AvgIpc) is 3.47. The third-order valence-corrected chi connectivity index (χ3v) is 7.03. The fourth-order valence-electron chi connectivity index (χ4n) is 4.42. The Kier molecular flexibility index (Phi) is 14.0. The van der Waals surface area contributed by atoms with Crippen LogP contribution in [0.2, 0.25) is 0 Å². The quantitative estimate of drug-likeness (QED) is 0.105. The first kappa shape index (κ1) is 34.9. The molecule has 4 rings (SSSR count). The molecule has 0 atom stereocenters. The zero-order valence-electron chi connectivity index (χ0n) is 26.6. The molecule has 2 aromatic heterocycles. The molecule has 0 fully saturated rings. The number of amides is 1. The van der Waals surface area contributed by atoms with E-state index in [4.69, 9.17) is 14.2 Å². The number of carbonyl (C=O) groups excluding carboxylic acids is 2. The van der Waals surface area contributed by atoms with Crippen molar-refractivity contribution in [2.75, 3.05) is 45.5 Å². The van der Waals surface area contributed by atoms with E-state index in [0.717, 1.165) is 24.9 Å². The number of hydrogen-bond acceptors (Lipinski definition) is 11. The Morgan fingerprint density at radius 1 is 0.915 bits per heavy atom. The molecule has 0 radical (unpaired) electrons. The Morgan fingerprint density at radius 2 is 1.74 bits per heavy atom. The highest BCUT2D eigenvalue weighted by Crippen LogP contribution is 2.19. The van der Waals surface area contributed by atoms with Crippen molar-refractivity contribution in [3.05, 3.63) is 83.8 Å². The minimum Gasteiger partial charge on any atom is -0.494 e. The molecule has 4 aromatic rings. The van der Waals surface area contributed by atoms with Crippen molar-refractivity contribution in [2.24, 2.45) is 7.05 Å². The van der Waals surface area contributed by atoms with Crippen LogP contribution >= 0.6 is 0 Å². The smallest absolute Gasteiger partial charge is 0.331 e. The molecule has 2 N–H and O–H groups in total. The van der Waals surface area contributed by atoms with Crippen LogP contribution in [0, 0.1) is 5.82 Å². The van der Waals surface area contributed by atoms with Gasteiger partial charge in [0.1, 0.15) is 30.2 Å². The number of hydrogen-bond donors (Lipinski definition) is 2. The van der Waals surface area contributed by atoms with Gasteiger partial charge < -0.3 is 34.1 Å². The van der Waals surface area contributed by atoms with Gasteiger partial charge in [0.15, 0.2) is 11.6 Å². The van der Waals surface area contributed by atoms with Crippen molar-refractivity contribution < 1.29 is 32.9 Å². The lowest BCUT2D eigenvalue weighted by Gasteiger charge is -2.11. The summed E-state index contributed by atoms with van der Waals surface area (Å²) in [7, 11) is 3.18. The van der Waals surface area contributed by atoms with Crippen molar-refractivity contribution in [3.63, 3.8) is 0 Å². The summed E-state index contributed by atoms with van der Waals surface area (Å²) in [5.74, 6) is 0.694. The predicted octanol–water partition coefficient (Wildman–Crippen LogP) is 4.10. The van der Waals surface area contributed by atoms with E-state index < -0.39 is 11.8 Å². The second-order valence-corrected chi connectivity index (χ2v) is 10.5. The lowest BCUT2D eigenvalue weighted by Crippen LogP contribution is -2.23. The zero-order chi connectivity index (χ0) is 33.3. The van der Waals surface area contributed by atoms with Crippen LogP contribution in [0.25, 0.3) is 11.5 Å². The Hall–Kier alpha value is -4.95. The number of esters is 1. The SMILES string of the molecule is COC(=O)COCCCOCCCCCOc1ccc(F)c(CNC(=O)c2cccc(NCc3nnc(-c4ccncn4)n3C)c2)c1. The van der Waals surface area contributed by atoms with Gasteiger partial charge >= 0.3 is 5.97 Å². The topological polar surface area (TPSA) is 152 Å². The maximum absolute atomic E-state index is 14.5. The number of nitrogens with zero attached hydrogens (tertiary/aromatic N) is 5. The van der Waals surface area contributed by atoms with Gasteiger partial charge in [-0.05, 0) is 68.1 Å². The Labute approximate surface area is 272 Å². The first-order chi connectivity index (χ1) is 22.9. The third-order valence-electron chi connectivity index (χ3n) is 7.03. The number of carbonyl (C=O) groups is 2. The molecule has 0 aliphatic rings. The van der Waals surface area contributed by atoms with Crippen molar-refractivity contribution in [1.82, 2.24) is 30.0 Å². The van der Waals surface area contributed by atoms with Crippen molar-refractivity contribution in [1.29, 1.82) is 0 Å². The molecule has 0 bridgehead atoms. The fourth-order valence-corrected chi connectivity index (χ4v) is 4.42. The number of halogens is 1. The van der Waals surface area contributed by atoms with Crippen LogP contribution in [0.1, 0.15) is 47.4 Å². The number of benzene rings is 2. The molecule has 1 amide bonds. The average molecular weight is 650 g/mol. The van der Waals surface area contributed by atoms with Gasteiger partial charge in [0.25, 0.3) is 5.91 Å².